The molecule has 0 bridgehead atoms. The van der Waals surface area contributed by atoms with Gasteiger partial charge >= 0.3 is 0 Å². The lowest BCUT2D eigenvalue weighted by molar-refractivity contribution is -0.123. The van der Waals surface area contributed by atoms with Crippen LogP contribution in [0.1, 0.15) is 49.8 Å². The number of carbonyl (C=O) groups excluding carboxylic acids is 1. The van der Waals surface area contributed by atoms with E-state index in [9.17, 15) is 4.79 Å². The Morgan fingerprint density at radius 1 is 1.26 bits per heavy atom. The molecule has 2 aliphatic heterocycles. The molecule has 1 saturated heterocycles. The molecule has 1 aromatic carbocycles. The minimum absolute atomic E-state index is 0.0730. The number of hydrogen-bond acceptors (Lipinski definition) is 4. The molecule has 150 valence electrons. The molecule has 1 N–H and O–H groups in total. The number of nitrogens with one attached hydrogen (secondary N) is 1. The summed E-state index contributed by atoms with van der Waals surface area (Å²) in [5.41, 5.74) is 3.96. The van der Waals surface area contributed by atoms with Gasteiger partial charge in [-0.05, 0) is 42.1 Å². The number of fused-ring (bicyclic) bond motifs is 1. The van der Waals surface area contributed by atoms with Gasteiger partial charge in [-0.1, -0.05) is 39.0 Å². The van der Waals surface area contributed by atoms with E-state index in [1.165, 1.54) is 16.7 Å². The van der Waals surface area contributed by atoms with E-state index >= 15 is 0 Å². The first-order chi connectivity index (χ1) is 12.8. The summed E-state index contributed by atoms with van der Waals surface area (Å²) in [5.74, 6) is 0.0874. The summed E-state index contributed by atoms with van der Waals surface area (Å²) >= 11 is 0. The number of likely N-dealkylation sites (N-methyl/N-ethyl adjacent to an activating group) is 1. The Morgan fingerprint density at radius 3 is 2.70 bits per heavy atom. The third-order valence-corrected chi connectivity index (χ3v) is 5.69. The van der Waals surface area contributed by atoms with E-state index in [0.717, 1.165) is 58.9 Å². The van der Waals surface area contributed by atoms with Gasteiger partial charge in [0.25, 0.3) is 0 Å². The summed E-state index contributed by atoms with van der Waals surface area (Å²) in [6, 6.07) is 6.67. The number of benzene rings is 1. The Hall–Kier alpha value is -1.43. The number of carbonyl (C=O) groups is 1. The van der Waals surface area contributed by atoms with E-state index in [1.807, 2.05) is 0 Å². The molecule has 1 fully saturated rings. The van der Waals surface area contributed by atoms with Gasteiger partial charge in [-0.2, -0.15) is 0 Å². The standard InChI is InChI=1S/C22H35N3O2/c1-22(2,3)18-6-7-19-17(14-18)15-24(4)16-20(19)21(26)23-8-5-9-25-10-12-27-13-11-25/h6-7,14,20H,5,8-13,15-16H2,1-4H3,(H,23,26). The summed E-state index contributed by atoms with van der Waals surface area (Å²) in [7, 11) is 2.10. The first-order valence-corrected chi connectivity index (χ1v) is 10.2. The van der Waals surface area contributed by atoms with Crippen LogP contribution in [0.5, 0.6) is 0 Å². The van der Waals surface area contributed by atoms with Crippen molar-refractivity contribution in [1.82, 2.24) is 15.1 Å². The zero-order chi connectivity index (χ0) is 19.4. The Bertz CT molecular complexity index is 647. The third-order valence-electron chi connectivity index (χ3n) is 5.69. The van der Waals surface area contributed by atoms with Gasteiger partial charge in [0.05, 0.1) is 19.1 Å². The van der Waals surface area contributed by atoms with E-state index in [0.29, 0.717) is 0 Å². The molecule has 5 nitrogen and oxygen atoms in total. The van der Waals surface area contributed by atoms with Crippen LogP contribution in [0.15, 0.2) is 18.2 Å². The summed E-state index contributed by atoms with van der Waals surface area (Å²) in [4.78, 5) is 17.5. The van der Waals surface area contributed by atoms with Gasteiger partial charge in [0, 0.05) is 32.7 Å². The molecule has 0 aromatic heterocycles. The lowest BCUT2D eigenvalue weighted by atomic mass is 9.81. The predicted octanol–water partition coefficient (Wildman–Crippen LogP) is 2.35. The number of amides is 1. The first kappa shape index (κ1) is 20.3. The SMILES string of the molecule is CN1Cc2cc(C(C)(C)C)ccc2C(C(=O)NCCCN2CCOCC2)C1. The van der Waals surface area contributed by atoms with Crippen LogP contribution in [0, 0.1) is 0 Å². The fourth-order valence-corrected chi connectivity index (χ4v) is 4.00. The van der Waals surface area contributed by atoms with Crippen LogP contribution in [-0.2, 0) is 21.5 Å². The van der Waals surface area contributed by atoms with Crippen LogP contribution in [0.4, 0.5) is 0 Å². The number of rotatable bonds is 5. The maximum absolute atomic E-state index is 12.9. The normalized spacial score (nSPS) is 21.7. The van der Waals surface area contributed by atoms with Gasteiger partial charge in [0.2, 0.25) is 5.91 Å². The summed E-state index contributed by atoms with van der Waals surface area (Å²) in [5, 5.41) is 3.17. The molecule has 27 heavy (non-hydrogen) atoms. The fraction of sp³-hybridized carbons (Fsp3) is 0.682. The van der Waals surface area contributed by atoms with Gasteiger partial charge in [-0.3, -0.25) is 9.69 Å². The molecule has 0 radical (unpaired) electrons. The van der Waals surface area contributed by atoms with Crippen molar-refractivity contribution >= 4 is 5.91 Å². The van der Waals surface area contributed by atoms with E-state index in [-0.39, 0.29) is 17.2 Å². The van der Waals surface area contributed by atoms with Gasteiger partial charge in [0.15, 0.2) is 0 Å². The minimum Gasteiger partial charge on any atom is -0.379 e. The first-order valence-electron chi connectivity index (χ1n) is 10.2. The lowest BCUT2D eigenvalue weighted by Crippen LogP contribution is -2.41. The van der Waals surface area contributed by atoms with Gasteiger partial charge in [-0.15, -0.1) is 0 Å². The third kappa shape index (κ3) is 5.31. The molecule has 0 aliphatic carbocycles. The fourth-order valence-electron chi connectivity index (χ4n) is 4.00. The van der Waals surface area contributed by atoms with Crippen molar-refractivity contribution in [3.63, 3.8) is 0 Å². The Kier molecular flexibility index (Phi) is 6.56. The smallest absolute Gasteiger partial charge is 0.228 e. The molecule has 1 atom stereocenters. The van der Waals surface area contributed by atoms with Crippen LogP contribution in [0.2, 0.25) is 0 Å². The van der Waals surface area contributed by atoms with Crippen molar-refractivity contribution in [2.24, 2.45) is 0 Å². The molecule has 1 unspecified atom stereocenters. The monoisotopic (exact) mass is 373 g/mol. The largest absolute Gasteiger partial charge is 0.379 e. The molecule has 5 heteroatoms. The van der Waals surface area contributed by atoms with Crippen molar-refractivity contribution in [3.05, 3.63) is 34.9 Å². The highest BCUT2D eigenvalue weighted by molar-refractivity contribution is 5.84. The summed E-state index contributed by atoms with van der Waals surface area (Å²) < 4.78 is 5.38. The Morgan fingerprint density at radius 2 is 2.00 bits per heavy atom. The second kappa shape index (κ2) is 8.72. The van der Waals surface area contributed by atoms with Crippen molar-refractivity contribution in [3.8, 4) is 0 Å². The molecule has 0 saturated carbocycles. The maximum Gasteiger partial charge on any atom is 0.228 e. The van der Waals surface area contributed by atoms with Crippen LogP contribution in [-0.4, -0.2) is 68.7 Å². The van der Waals surface area contributed by atoms with Crippen LogP contribution < -0.4 is 5.32 Å². The van der Waals surface area contributed by atoms with Crippen LogP contribution in [0.25, 0.3) is 0 Å². The predicted molar refractivity (Wildman–Crippen MR) is 109 cm³/mol. The lowest BCUT2D eigenvalue weighted by Gasteiger charge is -2.33. The number of hydrogen-bond donors (Lipinski definition) is 1. The summed E-state index contributed by atoms with van der Waals surface area (Å²) in [6.45, 7) is 13.8. The summed E-state index contributed by atoms with van der Waals surface area (Å²) in [6.07, 6.45) is 0.990. The molecule has 3 rings (SSSR count). The average molecular weight is 374 g/mol. The van der Waals surface area contributed by atoms with Crippen molar-refractivity contribution in [1.29, 1.82) is 0 Å². The molecule has 0 spiro atoms. The Balaban J connectivity index is 1.58. The van der Waals surface area contributed by atoms with Crippen molar-refractivity contribution in [2.75, 3.05) is 53.0 Å². The van der Waals surface area contributed by atoms with E-state index in [1.54, 1.807) is 0 Å². The number of ether oxygens (including phenoxy) is 1. The van der Waals surface area contributed by atoms with Crippen molar-refractivity contribution < 1.29 is 9.53 Å². The highest BCUT2D eigenvalue weighted by Crippen LogP contribution is 2.32. The van der Waals surface area contributed by atoms with Crippen LogP contribution in [0.3, 0.4) is 0 Å². The maximum atomic E-state index is 12.9. The topological polar surface area (TPSA) is 44.8 Å². The van der Waals surface area contributed by atoms with Crippen molar-refractivity contribution in [2.45, 2.75) is 45.1 Å². The second-order valence-corrected chi connectivity index (χ2v) is 9.01. The van der Waals surface area contributed by atoms with Gasteiger partial charge in [-0.25, -0.2) is 0 Å². The molecular weight excluding hydrogens is 338 g/mol. The molecule has 2 heterocycles. The van der Waals surface area contributed by atoms with E-state index in [2.05, 4.69) is 61.1 Å². The van der Waals surface area contributed by atoms with E-state index in [4.69, 9.17) is 4.74 Å². The minimum atomic E-state index is -0.0730. The highest BCUT2D eigenvalue weighted by atomic mass is 16.5. The van der Waals surface area contributed by atoms with E-state index < -0.39 is 0 Å². The van der Waals surface area contributed by atoms with Crippen LogP contribution >= 0.6 is 0 Å². The molecule has 1 amide bonds. The molecule has 1 aromatic rings. The van der Waals surface area contributed by atoms with Gasteiger partial charge < -0.3 is 15.0 Å². The Labute approximate surface area is 164 Å². The quantitative estimate of drug-likeness (QED) is 0.805. The number of morpholine rings is 1. The zero-order valence-electron chi connectivity index (χ0n) is 17.4. The average Bonchev–Trinajstić information content (AvgIpc) is 2.64. The zero-order valence-corrected chi connectivity index (χ0v) is 17.4. The molecule has 2 aliphatic rings. The second-order valence-electron chi connectivity index (χ2n) is 9.01. The number of nitrogens with zero attached hydrogens (tertiary/aromatic N) is 2. The molecular formula is C22H35N3O2. The van der Waals surface area contributed by atoms with Gasteiger partial charge in [0.1, 0.15) is 0 Å². The highest BCUT2D eigenvalue weighted by Gasteiger charge is 2.30.